The van der Waals surface area contributed by atoms with E-state index < -0.39 is 17.8 Å². The summed E-state index contributed by atoms with van der Waals surface area (Å²) in [6.45, 7) is 0. The van der Waals surface area contributed by atoms with Gasteiger partial charge in [-0.15, -0.1) is 13.2 Å². The number of alkyl halides is 3. The number of nitriles is 2. The maximum absolute atomic E-state index is 12.1. The highest BCUT2D eigenvalue weighted by Crippen LogP contribution is 2.35. The molecule has 0 saturated carbocycles. The van der Waals surface area contributed by atoms with Gasteiger partial charge < -0.3 is 4.74 Å². The number of hydrogen-bond acceptors (Lipinski definition) is 5. The van der Waals surface area contributed by atoms with Gasteiger partial charge in [0.2, 0.25) is 5.71 Å². The molecule has 0 atom stereocenters. The van der Waals surface area contributed by atoms with Gasteiger partial charge in [-0.2, -0.15) is 15.6 Å². The quantitative estimate of drug-likeness (QED) is 0.424. The topological polar surface area (TPSA) is 81.2 Å². The first-order valence-electron chi connectivity index (χ1n) is 4.65. The smallest absolute Gasteiger partial charge is 0.405 e. The Morgan fingerprint density at radius 1 is 1.35 bits per heavy atom. The minimum atomic E-state index is -4.80. The fourth-order valence-corrected chi connectivity index (χ4v) is 1.99. The Balaban J connectivity index is 3.04. The maximum atomic E-state index is 12.1. The van der Waals surface area contributed by atoms with Crippen molar-refractivity contribution in [2.75, 3.05) is 5.43 Å². The number of benzene rings is 1. The Hall–Kier alpha value is -1.53. The third-order valence-corrected chi connectivity index (χ3v) is 3.26. The summed E-state index contributed by atoms with van der Waals surface area (Å²) in [5.74, 6) is -0.405. The van der Waals surface area contributed by atoms with Crippen LogP contribution in [0, 0.1) is 26.2 Å². The normalized spacial score (nSPS) is 10.2. The van der Waals surface area contributed by atoms with E-state index in [0.717, 1.165) is 6.07 Å². The van der Waals surface area contributed by atoms with Crippen molar-refractivity contribution in [2.45, 2.75) is 6.36 Å². The number of rotatable bonds is 3. The molecule has 0 aliphatic heterocycles. The van der Waals surface area contributed by atoms with Crippen molar-refractivity contribution >= 4 is 49.9 Å². The van der Waals surface area contributed by atoms with Crippen LogP contribution in [0.5, 0.6) is 5.75 Å². The van der Waals surface area contributed by atoms with E-state index in [1.165, 1.54) is 18.2 Å². The molecule has 1 aromatic carbocycles. The molecule has 5 nitrogen and oxygen atoms in total. The summed E-state index contributed by atoms with van der Waals surface area (Å²) >= 11 is 4.69. The zero-order chi connectivity index (χ0) is 15.3. The summed E-state index contributed by atoms with van der Waals surface area (Å²) in [4.78, 5) is 0. The van der Waals surface area contributed by atoms with E-state index in [4.69, 9.17) is 10.5 Å². The first kappa shape index (κ1) is 16.5. The zero-order valence-corrected chi connectivity index (χ0v) is 13.0. The lowest BCUT2D eigenvalue weighted by molar-refractivity contribution is -0.274. The molecule has 0 heterocycles. The van der Waals surface area contributed by atoms with Gasteiger partial charge in [0.25, 0.3) is 0 Å². The van der Waals surface area contributed by atoms with E-state index in [-0.39, 0.29) is 4.47 Å². The summed E-state index contributed by atoms with van der Waals surface area (Å²) in [6.07, 6.45) is -4.80. The van der Waals surface area contributed by atoms with Crippen LogP contribution in [0.25, 0.3) is 0 Å². The molecule has 0 aromatic heterocycles. The molecule has 20 heavy (non-hydrogen) atoms. The fourth-order valence-electron chi connectivity index (χ4n) is 1.01. The third kappa shape index (κ3) is 4.86. The van der Waals surface area contributed by atoms with Crippen molar-refractivity contribution < 1.29 is 17.9 Å². The van der Waals surface area contributed by atoms with Crippen molar-refractivity contribution in [2.24, 2.45) is 5.10 Å². The van der Waals surface area contributed by atoms with Crippen molar-refractivity contribution in [3.05, 3.63) is 20.2 Å². The van der Waals surface area contributed by atoms with E-state index >= 15 is 0 Å². The van der Waals surface area contributed by atoms with Gasteiger partial charge in [-0.3, -0.25) is 5.43 Å². The van der Waals surface area contributed by atoms with E-state index in [1.54, 1.807) is 22.6 Å². The van der Waals surface area contributed by atoms with E-state index in [1.807, 2.05) is 0 Å². The van der Waals surface area contributed by atoms with Gasteiger partial charge in [0.15, 0.2) is 0 Å². The van der Waals surface area contributed by atoms with Gasteiger partial charge in [0.1, 0.15) is 17.9 Å². The lowest BCUT2D eigenvalue weighted by Gasteiger charge is -2.12. The number of hydrazone groups is 1. The van der Waals surface area contributed by atoms with Crippen molar-refractivity contribution in [1.82, 2.24) is 0 Å². The molecule has 1 rings (SSSR count). The van der Waals surface area contributed by atoms with Crippen LogP contribution in [0.15, 0.2) is 21.7 Å². The number of ether oxygens (including phenoxy) is 1. The van der Waals surface area contributed by atoms with Gasteiger partial charge >= 0.3 is 6.36 Å². The van der Waals surface area contributed by atoms with Crippen LogP contribution in [0.3, 0.4) is 0 Å². The molecule has 0 amide bonds. The molecular formula is C10H3BrF3IN4O. The van der Waals surface area contributed by atoms with Crippen LogP contribution in [0.4, 0.5) is 18.9 Å². The number of nitrogens with zero attached hydrogens (tertiary/aromatic N) is 3. The predicted octanol–water partition coefficient (Wildman–Crippen LogP) is 3.77. The second-order valence-corrected chi connectivity index (χ2v) is 5.12. The van der Waals surface area contributed by atoms with Crippen LogP contribution in [0.2, 0.25) is 0 Å². The molecule has 104 valence electrons. The third-order valence-electron chi connectivity index (χ3n) is 1.75. The second kappa shape index (κ2) is 6.76. The Kier molecular flexibility index (Phi) is 5.59. The van der Waals surface area contributed by atoms with Crippen LogP contribution in [-0.4, -0.2) is 12.1 Å². The average molecular weight is 459 g/mol. The van der Waals surface area contributed by atoms with E-state index in [2.05, 4.69) is 31.2 Å². The van der Waals surface area contributed by atoms with Crippen molar-refractivity contribution in [3.8, 4) is 17.9 Å². The van der Waals surface area contributed by atoms with Crippen LogP contribution in [-0.2, 0) is 0 Å². The number of anilines is 1. The molecule has 0 unspecified atom stereocenters. The molecule has 0 spiro atoms. The van der Waals surface area contributed by atoms with Gasteiger partial charge in [-0.1, -0.05) is 0 Å². The lowest BCUT2D eigenvalue weighted by atomic mass is 10.3. The van der Waals surface area contributed by atoms with Crippen LogP contribution >= 0.6 is 38.5 Å². The fraction of sp³-hybridized carbons (Fsp3) is 0.100. The molecule has 0 aliphatic rings. The Morgan fingerprint density at radius 2 is 1.95 bits per heavy atom. The molecule has 0 fully saturated rings. The SMILES string of the molecule is N#CC(C#N)=NNc1cc(Br)c(OC(F)(F)F)cc1I. The lowest BCUT2D eigenvalue weighted by Crippen LogP contribution is -2.17. The minimum Gasteiger partial charge on any atom is -0.405 e. The first-order chi connectivity index (χ1) is 9.26. The molecule has 0 radical (unpaired) electrons. The zero-order valence-electron chi connectivity index (χ0n) is 9.29. The first-order valence-corrected chi connectivity index (χ1v) is 6.52. The van der Waals surface area contributed by atoms with E-state index in [9.17, 15) is 13.2 Å². The van der Waals surface area contributed by atoms with Gasteiger partial charge in [-0.25, -0.2) is 0 Å². The second-order valence-electron chi connectivity index (χ2n) is 3.11. The predicted molar refractivity (Wildman–Crippen MR) is 75.8 cm³/mol. The van der Waals surface area contributed by atoms with Crippen LogP contribution in [0.1, 0.15) is 0 Å². The molecule has 0 bridgehead atoms. The number of nitrogens with one attached hydrogen (secondary N) is 1. The highest BCUT2D eigenvalue weighted by atomic mass is 127. The summed E-state index contributed by atoms with van der Waals surface area (Å²) < 4.78 is 40.7. The maximum Gasteiger partial charge on any atom is 0.573 e. The average Bonchev–Trinajstić information content (AvgIpc) is 2.34. The Morgan fingerprint density at radius 3 is 2.45 bits per heavy atom. The van der Waals surface area contributed by atoms with Gasteiger partial charge in [0.05, 0.1) is 10.2 Å². The van der Waals surface area contributed by atoms with E-state index in [0.29, 0.717) is 9.26 Å². The standard InChI is InChI=1S/C10H3BrF3IN4O/c11-6-1-8(19-18-5(3-16)4-17)7(15)2-9(6)20-10(12,13)14/h1-2,19H. The molecule has 0 aliphatic carbocycles. The highest BCUT2D eigenvalue weighted by Gasteiger charge is 2.32. The molecule has 0 saturated heterocycles. The molecule has 1 aromatic rings. The molecular weight excluding hydrogens is 456 g/mol. The summed E-state index contributed by atoms with van der Waals surface area (Å²) in [6, 6.07) is 5.50. The monoisotopic (exact) mass is 458 g/mol. The summed E-state index contributed by atoms with van der Waals surface area (Å²) in [7, 11) is 0. The summed E-state index contributed by atoms with van der Waals surface area (Å²) in [5.41, 5.74) is 2.32. The number of hydrogen-bond donors (Lipinski definition) is 1. The molecule has 1 N–H and O–H groups in total. The van der Waals surface area contributed by atoms with Crippen molar-refractivity contribution in [1.29, 1.82) is 10.5 Å². The van der Waals surface area contributed by atoms with Gasteiger partial charge in [-0.05, 0) is 50.7 Å². The van der Waals surface area contributed by atoms with Crippen LogP contribution < -0.4 is 10.2 Å². The minimum absolute atomic E-state index is 0.0448. The summed E-state index contributed by atoms with van der Waals surface area (Å²) in [5, 5.41) is 20.5. The molecule has 10 heteroatoms. The number of halogens is 5. The van der Waals surface area contributed by atoms with Gasteiger partial charge in [0, 0.05) is 3.57 Å². The largest absolute Gasteiger partial charge is 0.573 e. The Labute approximate surface area is 133 Å². The van der Waals surface area contributed by atoms with Crippen molar-refractivity contribution in [3.63, 3.8) is 0 Å². The Bertz CT molecular complexity index is 617. The highest BCUT2D eigenvalue weighted by molar-refractivity contribution is 14.1.